The molecule has 3 heterocycles. The van der Waals surface area contributed by atoms with E-state index in [1.54, 1.807) is 6.07 Å². The molecular weight excluding hydrogens is 333 g/mol. The molecular formula is C19H28FN5O. The van der Waals surface area contributed by atoms with Crippen LogP contribution in [-0.2, 0) is 11.2 Å². The van der Waals surface area contributed by atoms with E-state index in [4.69, 9.17) is 0 Å². The number of carbonyl (C=O) groups excluding carboxylic acids is 1. The van der Waals surface area contributed by atoms with Crippen LogP contribution in [0.1, 0.15) is 24.0 Å². The molecule has 0 aliphatic carbocycles. The van der Waals surface area contributed by atoms with Crippen molar-refractivity contribution in [3.05, 3.63) is 29.1 Å². The molecule has 7 heteroatoms. The van der Waals surface area contributed by atoms with Gasteiger partial charge < -0.3 is 15.5 Å². The summed E-state index contributed by atoms with van der Waals surface area (Å²) in [6.07, 6.45) is 2.71. The predicted molar refractivity (Wildman–Crippen MR) is 99.4 cm³/mol. The average Bonchev–Trinajstić information content (AvgIpc) is 3.27. The molecule has 2 saturated heterocycles. The zero-order chi connectivity index (χ0) is 18.3. The first-order valence-electron chi connectivity index (χ1n) is 9.52. The molecule has 0 saturated carbocycles. The van der Waals surface area contributed by atoms with Crippen LogP contribution < -0.4 is 16.0 Å². The maximum Gasteiger partial charge on any atom is 0.244 e. The fourth-order valence-corrected chi connectivity index (χ4v) is 4.33. The van der Waals surface area contributed by atoms with Crippen molar-refractivity contribution >= 4 is 11.6 Å². The number of amides is 1. The number of rotatable bonds is 3. The summed E-state index contributed by atoms with van der Waals surface area (Å²) in [5.41, 5.74) is 2.37. The number of carbonyl (C=O) groups is 1. The molecule has 6 nitrogen and oxygen atoms in total. The summed E-state index contributed by atoms with van der Waals surface area (Å²) in [5.74, 6) is -0.302. The van der Waals surface area contributed by atoms with Gasteiger partial charge in [-0.25, -0.2) is 4.39 Å². The summed E-state index contributed by atoms with van der Waals surface area (Å²) in [6, 6.07) is 3.42. The van der Waals surface area contributed by atoms with E-state index in [1.165, 1.54) is 18.9 Å². The number of nitrogens with zero attached hydrogens (tertiary/aromatic N) is 2. The lowest BCUT2D eigenvalue weighted by atomic mass is 10.0. The second kappa shape index (κ2) is 7.13. The molecule has 1 aromatic carbocycles. The number of benzene rings is 1. The SMILES string of the molecule is Cc1ccc(F)c2c1NC(C(=O)NC1CN(C3CCN(C)CC3)CN1)C2. The van der Waals surface area contributed by atoms with Crippen LogP contribution in [0, 0.1) is 12.7 Å². The lowest BCUT2D eigenvalue weighted by Crippen LogP contribution is -2.49. The van der Waals surface area contributed by atoms with Gasteiger partial charge in [-0.3, -0.25) is 15.0 Å². The molecule has 2 atom stereocenters. The smallest absolute Gasteiger partial charge is 0.244 e. The molecule has 142 valence electrons. The molecule has 2 fully saturated rings. The van der Waals surface area contributed by atoms with Crippen molar-refractivity contribution in [3.63, 3.8) is 0 Å². The van der Waals surface area contributed by atoms with E-state index in [0.717, 1.165) is 37.6 Å². The van der Waals surface area contributed by atoms with Gasteiger partial charge in [0.1, 0.15) is 11.9 Å². The Hall–Kier alpha value is -1.70. The predicted octanol–water partition coefficient (Wildman–Crippen LogP) is 0.870. The Balaban J connectivity index is 1.31. The highest BCUT2D eigenvalue weighted by atomic mass is 19.1. The van der Waals surface area contributed by atoms with E-state index in [-0.39, 0.29) is 17.9 Å². The van der Waals surface area contributed by atoms with Gasteiger partial charge in [-0.15, -0.1) is 0 Å². The highest BCUT2D eigenvalue weighted by Crippen LogP contribution is 2.31. The summed E-state index contributed by atoms with van der Waals surface area (Å²) in [7, 11) is 2.17. The Morgan fingerprint density at radius 1 is 1.31 bits per heavy atom. The Labute approximate surface area is 154 Å². The monoisotopic (exact) mass is 361 g/mol. The van der Waals surface area contributed by atoms with Crippen molar-refractivity contribution in [1.82, 2.24) is 20.4 Å². The third-order valence-corrected chi connectivity index (χ3v) is 5.99. The van der Waals surface area contributed by atoms with E-state index in [0.29, 0.717) is 18.0 Å². The molecule has 0 aromatic heterocycles. The molecule has 3 aliphatic rings. The number of halogens is 1. The van der Waals surface area contributed by atoms with Crippen LogP contribution in [0.25, 0.3) is 0 Å². The number of aryl methyl sites for hydroxylation is 1. The third kappa shape index (κ3) is 3.43. The van der Waals surface area contributed by atoms with E-state index >= 15 is 0 Å². The van der Waals surface area contributed by atoms with Gasteiger partial charge in [0, 0.05) is 30.3 Å². The van der Waals surface area contributed by atoms with Crippen molar-refractivity contribution in [2.75, 3.05) is 38.7 Å². The molecule has 0 spiro atoms. The molecule has 1 aromatic rings. The first-order valence-corrected chi connectivity index (χ1v) is 9.52. The number of hydrogen-bond acceptors (Lipinski definition) is 5. The molecule has 26 heavy (non-hydrogen) atoms. The van der Waals surface area contributed by atoms with E-state index in [1.807, 2.05) is 6.92 Å². The van der Waals surface area contributed by atoms with Crippen molar-refractivity contribution < 1.29 is 9.18 Å². The van der Waals surface area contributed by atoms with Crippen LogP contribution >= 0.6 is 0 Å². The summed E-state index contributed by atoms with van der Waals surface area (Å²) in [4.78, 5) is 17.5. The highest BCUT2D eigenvalue weighted by molar-refractivity contribution is 5.88. The average molecular weight is 361 g/mol. The molecule has 3 aliphatic heterocycles. The number of nitrogens with one attached hydrogen (secondary N) is 3. The Kier molecular flexibility index (Phi) is 4.86. The van der Waals surface area contributed by atoms with Crippen LogP contribution in [0.3, 0.4) is 0 Å². The van der Waals surface area contributed by atoms with Crippen molar-refractivity contribution in [3.8, 4) is 0 Å². The van der Waals surface area contributed by atoms with Gasteiger partial charge in [-0.1, -0.05) is 6.07 Å². The first-order chi connectivity index (χ1) is 12.5. The van der Waals surface area contributed by atoms with Gasteiger partial charge in [0.25, 0.3) is 0 Å². The highest BCUT2D eigenvalue weighted by Gasteiger charge is 2.34. The van der Waals surface area contributed by atoms with Crippen LogP contribution in [-0.4, -0.2) is 67.3 Å². The molecule has 4 rings (SSSR count). The second-order valence-electron chi connectivity index (χ2n) is 7.85. The summed E-state index contributed by atoms with van der Waals surface area (Å²) in [5, 5.41) is 9.68. The minimum absolute atomic E-state index is 0.0430. The first kappa shape index (κ1) is 17.7. The Bertz CT molecular complexity index is 658. The van der Waals surface area contributed by atoms with Crippen LogP contribution in [0.15, 0.2) is 12.1 Å². The lowest BCUT2D eigenvalue weighted by molar-refractivity contribution is -0.122. The zero-order valence-corrected chi connectivity index (χ0v) is 15.5. The normalized spacial score (nSPS) is 27.3. The van der Waals surface area contributed by atoms with E-state index < -0.39 is 6.04 Å². The topological polar surface area (TPSA) is 59.6 Å². The maximum atomic E-state index is 14.0. The molecule has 0 radical (unpaired) electrons. The Morgan fingerprint density at radius 2 is 2.08 bits per heavy atom. The molecule has 1 amide bonds. The second-order valence-corrected chi connectivity index (χ2v) is 7.85. The minimum Gasteiger partial charge on any atom is -0.373 e. The molecule has 3 N–H and O–H groups in total. The standard InChI is InChI=1S/C19H28FN5O/c1-12-3-4-15(20)14-9-16(22-18(12)14)19(26)23-17-10-25(11-21-17)13-5-7-24(2)8-6-13/h3-4,13,16-17,21-22H,5-11H2,1-2H3,(H,23,26). The number of fused-ring (bicyclic) bond motifs is 1. The summed E-state index contributed by atoms with van der Waals surface area (Å²) >= 11 is 0. The quantitative estimate of drug-likeness (QED) is 0.746. The number of piperidine rings is 1. The van der Waals surface area contributed by atoms with E-state index in [9.17, 15) is 9.18 Å². The van der Waals surface area contributed by atoms with Crippen LogP contribution in [0.5, 0.6) is 0 Å². The fraction of sp³-hybridized carbons (Fsp3) is 0.632. The fourth-order valence-electron chi connectivity index (χ4n) is 4.33. The largest absolute Gasteiger partial charge is 0.373 e. The van der Waals surface area contributed by atoms with Crippen molar-refractivity contribution in [2.24, 2.45) is 0 Å². The third-order valence-electron chi connectivity index (χ3n) is 5.99. The molecule has 0 bridgehead atoms. The maximum absolute atomic E-state index is 14.0. The summed E-state index contributed by atoms with van der Waals surface area (Å²) in [6.45, 7) is 5.84. The van der Waals surface area contributed by atoms with Crippen molar-refractivity contribution in [1.29, 1.82) is 0 Å². The van der Waals surface area contributed by atoms with Crippen molar-refractivity contribution in [2.45, 2.75) is 44.4 Å². The van der Waals surface area contributed by atoms with E-state index in [2.05, 4.69) is 32.8 Å². The molecule has 2 unspecified atom stereocenters. The van der Waals surface area contributed by atoms with Gasteiger partial charge >= 0.3 is 0 Å². The van der Waals surface area contributed by atoms with Gasteiger partial charge in [0.2, 0.25) is 5.91 Å². The zero-order valence-electron chi connectivity index (χ0n) is 15.5. The van der Waals surface area contributed by atoms with Crippen LogP contribution in [0.2, 0.25) is 0 Å². The van der Waals surface area contributed by atoms with Gasteiger partial charge in [0.05, 0.1) is 12.8 Å². The Morgan fingerprint density at radius 3 is 2.81 bits per heavy atom. The summed E-state index contributed by atoms with van der Waals surface area (Å²) < 4.78 is 14.0. The lowest BCUT2D eigenvalue weighted by Gasteiger charge is -2.34. The minimum atomic E-state index is -0.403. The number of anilines is 1. The van der Waals surface area contributed by atoms with Gasteiger partial charge in [0.15, 0.2) is 0 Å². The number of hydrogen-bond donors (Lipinski definition) is 3. The number of likely N-dealkylation sites (tertiary alicyclic amines) is 1. The van der Waals surface area contributed by atoms with Gasteiger partial charge in [-0.05, 0) is 51.5 Å². The van der Waals surface area contributed by atoms with Crippen LogP contribution in [0.4, 0.5) is 10.1 Å². The van der Waals surface area contributed by atoms with Gasteiger partial charge in [-0.2, -0.15) is 0 Å².